The quantitative estimate of drug-likeness (QED) is 0.729. The molecular weight excluding hydrogens is 288 g/mol. The third-order valence-electron chi connectivity index (χ3n) is 4.35. The lowest BCUT2D eigenvalue weighted by Gasteiger charge is -2.39. The third kappa shape index (κ3) is 3.97. The number of nitriles is 1. The SMILES string of the molecule is CC(C)(C)C1CCC(C#N)C(Sc2cc(F)ccc2F)C1. The van der Waals surface area contributed by atoms with Crippen LogP contribution in [0.5, 0.6) is 0 Å². The minimum absolute atomic E-state index is 0.0317. The molecule has 3 unspecified atom stereocenters. The monoisotopic (exact) mass is 309 g/mol. The van der Waals surface area contributed by atoms with E-state index in [0.717, 1.165) is 31.4 Å². The van der Waals surface area contributed by atoms with Crippen LogP contribution in [0.1, 0.15) is 40.0 Å². The van der Waals surface area contributed by atoms with E-state index in [-0.39, 0.29) is 16.6 Å². The summed E-state index contributed by atoms with van der Waals surface area (Å²) >= 11 is 1.32. The first-order valence-electron chi connectivity index (χ1n) is 7.32. The standard InChI is InChI=1S/C17H21F2NS/c1-17(2,3)12-5-4-11(10-20)15(8-12)21-16-9-13(18)6-7-14(16)19/h6-7,9,11-12,15H,4-5,8H2,1-3H3. The molecule has 0 aliphatic heterocycles. The fraction of sp³-hybridized carbons (Fsp3) is 0.588. The Morgan fingerprint density at radius 1 is 1.24 bits per heavy atom. The van der Waals surface area contributed by atoms with Crippen LogP contribution < -0.4 is 0 Å². The van der Waals surface area contributed by atoms with Gasteiger partial charge < -0.3 is 0 Å². The fourth-order valence-corrected chi connectivity index (χ4v) is 4.30. The van der Waals surface area contributed by atoms with Crippen molar-refractivity contribution < 1.29 is 8.78 Å². The Kier molecular flexibility index (Phi) is 4.93. The van der Waals surface area contributed by atoms with Crippen LogP contribution in [0.4, 0.5) is 8.78 Å². The van der Waals surface area contributed by atoms with Crippen LogP contribution in [0.15, 0.2) is 23.1 Å². The molecule has 21 heavy (non-hydrogen) atoms. The van der Waals surface area contributed by atoms with Gasteiger partial charge in [-0.25, -0.2) is 8.78 Å². The van der Waals surface area contributed by atoms with Crippen molar-refractivity contribution in [1.29, 1.82) is 5.26 Å². The molecule has 3 atom stereocenters. The molecule has 114 valence electrons. The topological polar surface area (TPSA) is 23.8 Å². The molecule has 1 aliphatic carbocycles. The number of thioether (sulfide) groups is 1. The highest BCUT2D eigenvalue weighted by Gasteiger charge is 2.36. The van der Waals surface area contributed by atoms with Gasteiger partial charge in [0.2, 0.25) is 0 Å². The molecule has 0 saturated heterocycles. The van der Waals surface area contributed by atoms with Crippen molar-refractivity contribution in [2.45, 2.75) is 50.2 Å². The summed E-state index contributed by atoms with van der Waals surface area (Å²) in [7, 11) is 0. The Hall–Kier alpha value is -1.08. The van der Waals surface area contributed by atoms with E-state index >= 15 is 0 Å². The van der Waals surface area contributed by atoms with Crippen molar-refractivity contribution in [2.24, 2.45) is 17.3 Å². The highest BCUT2D eigenvalue weighted by Crippen LogP contribution is 2.45. The Morgan fingerprint density at radius 3 is 2.57 bits per heavy atom. The predicted molar refractivity (Wildman–Crippen MR) is 81.9 cm³/mol. The van der Waals surface area contributed by atoms with Crippen LogP contribution >= 0.6 is 11.8 Å². The highest BCUT2D eigenvalue weighted by molar-refractivity contribution is 8.00. The van der Waals surface area contributed by atoms with Crippen molar-refractivity contribution in [1.82, 2.24) is 0 Å². The molecule has 1 aromatic rings. The maximum atomic E-state index is 13.8. The third-order valence-corrected chi connectivity index (χ3v) is 5.74. The normalized spacial score (nSPS) is 26.4. The summed E-state index contributed by atoms with van der Waals surface area (Å²) in [6.45, 7) is 6.61. The van der Waals surface area contributed by atoms with E-state index in [4.69, 9.17) is 0 Å². The van der Waals surface area contributed by atoms with E-state index in [0.29, 0.717) is 10.8 Å². The second-order valence-corrected chi connectivity index (χ2v) is 8.12. The highest BCUT2D eigenvalue weighted by atomic mass is 32.2. The average Bonchev–Trinajstić information content (AvgIpc) is 2.42. The van der Waals surface area contributed by atoms with Gasteiger partial charge in [-0.1, -0.05) is 20.8 Å². The van der Waals surface area contributed by atoms with Crippen LogP contribution in [0.2, 0.25) is 0 Å². The summed E-state index contributed by atoms with van der Waals surface area (Å²) in [6.07, 6.45) is 2.75. The maximum absolute atomic E-state index is 13.8. The zero-order valence-corrected chi connectivity index (χ0v) is 13.5. The van der Waals surface area contributed by atoms with Gasteiger partial charge in [0.1, 0.15) is 11.6 Å². The Labute approximate surface area is 129 Å². The van der Waals surface area contributed by atoms with Gasteiger partial charge in [0, 0.05) is 10.1 Å². The number of rotatable bonds is 2. The lowest BCUT2D eigenvalue weighted by molar-refractivity contribution is 0.169. The van der Waals surface area contributed by atoms with Gasteiger partial charge in [0.15, 0.2) is 0 Å². The van der Waals surface area contributed by atoms with E-state index in [1.807, 2.05) is 0 Å². The Morgan fingerprint density at radius 2 is 1.95 bits per heavy atom. The first-order chi connectivity index (χ1) is 9.81. The molecule has 0 bridgehead atoms. The summed E-state index contributed by atoms with van der Waals surface area (Å²) in [6, 6.07) is 5.86. The Bertz CT molecular complexity index is 545. The molecule has 4 heteroatoms. The van der Waals surface area contributed by atoms with E-state index in [1.165, 1.54) is 17.8 Å². The van der Waals surface area contributed by atoms with Crippen LogP contribution in [0.25, 0.3) is 0 Å². The summed E-state index contributed by atoms with van der Waals surface area (Å²) in [5, 5.41) is 9.35. The molecule has 1 aromatic carbocycles. The lowest BCUT2D eigenvalue weighted by atomic mass is 9.70. The molecule has 0 aromatic heterocycles. The number of hydrogen-bond donors (Lipinski definition) is 0. The maximum Gasteiger partial charge on any atom is 0.136 e. The lowest BCUT2D eigenvalue weighted by Crippen LogP contribution is -2.33. The van der Waals surface area contributed by atoms with Crippen LogP contribution in [0.3, 0.4) is 0 Å². The molecule has 0 N–H and O–H groups in total. The molecule has 1 aliphatic rings. The zero-order valence-electron chi connectivity index (χ0n) is 12.7. The zero-order chi connectivity index (χ0) is 15.6. The van der Waals surface area contributed by atoms with Gasteiger partial charge in [0.25, 0.3) is 0 Å². The van der Waals surface area contributed by atoms with Crippen molar-refractivity contribution in [3.8, 4) is 6.07 Å². The van der Waals surface area contributed by atoms with E-state index in [9.17, 15) is 14.0 Å². The Balaban J connectivity index is 2.18. The minimum Gasteiger partial charge on any atom is -0.207 e. The molecule has 0 amide bonds. The van der Waals surface area contributed by atoms with Crippen molar-refractivity contribution in [3.05, 3.63) is 29.8 Å². The molecule has 0 radical (unpaired) electrons. The van der Waals surface area contributed by atoms with Gasteiger partial charge in [0.05, 0.1) is 12.0 Å². The number of benzene rings is 1. The van der Waals surface area contributed by atoms with Crippen LogP contribution in [-0.2, 0) is 0 Å². The predicted octanol–water partition coefficient (Wildman–Crippen LogP) is 5.41. The molecular formula is C17H21F2NS. The molecule has 1 saturated carbocycles. The van der Waals surface area contributed by atoms with Crippen molar-refractivity contribution in [3.63, 3.8) is 0 Å². The largest absolute Gasteiger partial charge is 0.207 e. The number of hydrogen-bond acceptors (Lipinski definition) is 2. The average molecular weight is 309 g/mol. The first-order valence-corrected chi connectivity index (χ1v) is 8.20. The van der Waals surface area contributed by atoms with Crippen molar-refractivity contribution >= 4 is 11.8 Å². The molecule has 2 rings (SSSR count). The van der Waals surface area contributed by atoms with Gasteiger partial charge in [-0.3, -0.25) is 0 Å². The smallest absolute Gasteiger partial charge is 0.136 e. The van der Waals surface area contributed by atoms with Crippen LogP contribution in [-0.4, -0.2) is 5.25 Å². The van der Waals surface area contributed by atoms with E-state index in [2.05, 4.69) is 26.8 Å². The second kappa shape index (κ2) is 6.36. The molecule has 1 nitrogen and oxygen atoms in total. The molecule has 0 heterocycles. The van der Waals surface area contributed by atoms with Crippen molar-refractivity contribution in [2.75, 3.05) is 0 Å². The van der Waals surface area contributed by atoms with Gasteiger partial charge in [-0.15, -0.1) is 11.8 Å². The van der Waals surface area contributed by atoms with Gasteiger partial charge >= 0.3 is 0 Å². The summed E-state index contributed by atoms with van der Waals surface area (Å²) in [5.41, 5.74) is 0.180. The van der Waals surface area contributed by atoms with E-state index in [1.54, 1.807) is 0 Å². The number of nitrogens with zero attached hydrogens (tertiary/aromatic N) is 1. The van der Waals surface area contributed by atoms with Gasteiger partial charge in [-0.05, 0) is 48.8 Å². The second-order valence-electron chi connectivity index (χ2n) is 6.84. The summed E-state index contributed by atoms with van der Waals surface area (Å²) in [4.78, 5) is 0.315. The summed E-state index contributed by atoms with van der Waals surface area (Å²) in [5.74, 6) is -0.418. The minimum atomic E-state index is -0.435. The van der Waals surface area contributed by atoms with Crippen LogP contribution in [0, 0.1) is 40.2 Å². The first kappa shape index (κ1) is 16.3. The fourth-order valence-electron chi connectivity index (χ4n) is 2.92. The molecule has 1 fully saturated rings. The number of halogens is 2. The van der Waals surface area contributed by atoms with Gasteiger partial charge in [-0.2, -0.15) is 5.26 Å². The summed E-state index contributed by atoms with van der Waals surface area (Å²) < 4.78 is 27.1. The molecule has 0 spiro atoms. The van der Waals surface area contributed by atoms with E-state index < -0.39 is 11.6 Å².